The first-order valence-corrected chi connectivity index (χ1v) is 8.52. The molecule has 26 heavy (non-hydrogen) atoms. The topological polar surface area (TPSA) is 66.9 Å². The summed E-state index contributed by atoms with van der Waals surface area (Å²) >= 11 is 0. The fourth-order valence-corrected chi connectivity index (χ4v) is 2.59. The summed E-state index contributed by atoms with van der Waals surface area (Å²) in [5, 5.41) is 6.12. The lowest BCUT2D eigenvalue weighted by atomic mass is 10.1. The molecule has 0 aliphatic carbocycles. The lowest BCUT2D eigenvalue weighted by Gasteiger charge is -2.10. The predicted octanol–water partition coefficient (Wildman–Crippen LogP) is 4.08. The fraction of sp³-hybridized carbons (Fsp3) is 0.190. The third kappa shape index (κ3) is 4.25. The Morgan fingerprint density at radius 2 is 1.77 bits per heavy atom. The molecule has 0 fully saturated rings. The molecule has 2 N–H and O–H groups in total. The molecule has 3 aromatic rings. The van der Waals surface area contributed by atoms with Crippen LogP contribution >= 0.6 is 0 Å². The highest BCUT2D eigenvalue weighted by Crippen LogP contribution is 2.20. The molecule has 5 heteroatoms. The van der Waals surface area contributed by atoms with E-state index in [1.165, 1.54) is 11.8 Å². The molecule has 0 unspecified atom stereocenters. The van der Waals surface area contributed by atoms with Crippen molar-refractivity contribution < 1.29 is 4.79 Å². The summed E-state index contributed by atoms with van der Waals surface area (Å²) in [6.45, 7) is 6.56. The number of nitrogens with zero attached hydrogens (tertiary/aromatic N) is 2. The van der Waals surface area contributed by atoms with Crippen LogP contribution < -0.4 is 10.6 Å². The van der Waals surface area contributed by atoms with Crippen molar-refractivity contribution in [1.29, 1.82) is 0 Å². The summed E-state index contributed by atoms with van der Waals surface area (Å²) in [6.07, 6.45) is 3.06. The molecule has 3 rings (SSSR count). The summed E-state index contributed by atoms with van der Waals surface area (Å²) in [5.74, 6) is 0.369. The molecule has 1 aromatic heterocycles. The van der Waals surface area contributed by atoms with E-state index in [2.05, 4.69) is 38.8 Å². The maximum atomic E-state index is 12.3. The number of hydrogen-bond acceptors (Lipinski definition) is 4. The number of aromatic nitrogens is 2. The van der Waals surface area contributed by atoms with Crippen LogP contribution in [0.1, 0.15) is 32.7 Å². The molecule has 0 saturated carbocycles. The minimum absolute atomic E-state index is 0.237. The molecule has 0 bridgehead atoms. The third-order valence-corrected chi connectivity index (χ3v) is 4.24. The summed E-state index contributed by atoms with van der Waals surface area (Å²) < 4.78 is 0. The maximum Gasteiger partial charge on any atom is 0.271 e. The largest absolute Gasteiger partial charge is 0.347 e. The van der Waals surface area contributed by atoms with E-state index in [0.29, 0.717) is 18.1 Å². The van der Waals surface area contributed by atoms with Gasteiger partial charge in [-0.1, -0.05) is 36.4 Å². The fourth-order valence-electron chi connectivity index (χ4n) is 2.59. The predicted molar refractivity (Wildman–Crippen MR) is 104 cm³/mol. The highest BCUT2D eigenvalue weighted by atomic mass is 16.1. The first kappa shape index (κ1) is 17.6. The van der Waals surface area contributed by atoms with Crippen molar-refractivity contribution in [2.24, 2.45) is 0 Å². The molecule has 0 spiro atoms. The Hall–Kier alpha value is -3.21. The monoisotopic (exact) mass is 346 g/mol. The standard InChI is InChI=1S/C21H22N4O/c1-14-8-9-16(3)18(10-14)25-20-13-22-19(12-23-20)21(26)24-11-17-7-5-4-6-15(17)2/h4-10,12-13H,11H2,1-3H3,(H,23,25)(H,24,26). The van der Waals surface area contributed by atoms with Crippen LogP contribution in [0.25, 0.3) is 0 Å². The van der Waals surface area contributed by atoms with E-state index in [1.807, 2.05) is 45.0 Å². The highest BCUT2D eigenvalue weighted by molar-refractivity contribution is 5.92. The zero-order valence-corrected chi connectivity index (χ0v) is 15.2. The molecular weight excluding hydrogens is 324 g/mol. The van der Waals surface area contributed by atoms with Gasteiger partial charge in [-0.3, -0.25) is 4.79 Å². The van der Waals surface area contributed by atoms with Gasteiger partial charge in [0.2, 0.25) is 0 Å². The van der Waals surface area contributed by atoms with Crippen molar-refractivity contribution in [2.45, 2.75) is 27.3 Å². The van der Waals surface area contributed by atoms with E-state index in [-0.39, 0.29) is 5.91 Å². The van der Waals surface area contributed by atoms with Gasteiger partial charge in [0.1, 0.15) is 11.5 Å². The second-order valence-corrected chi connectivity index (χ2v) is 6.34. The number of carbonyl (C=O) groups excluding carboxylic acids is 1. The number of benzene rings is 2. The zero-order chi connectivity index (χ0) is 18.5. The number of amides is 1. The average molecular weight is 346 g/mol. The quantitative estimate of drug-likeness (QED) is 0.731. The van der Waals surface area contributed by atoms with E-state index < -0.39 is 0 Å². The lowest BCUT2D eigenvalue weighted by molar-refractivity contribution is 0.0945. The molecule has 5 nitrogen and oxygen atoms in total. The van der Waals surface area contributed by atoms with Crippen molar-refractivity contribution in [1.82, 2.24) is 15.3 Å². The van der Waals surface area contributed by atoms with Gasteiger partial charge in [-0.05, 0) is 49.1 Å². The van der Waals surface area contributed by atoms with E-state index >= 15 is 0 Å². The molecule has 1 amide bonds. The van der Waals surface area contributed by atoms with E-state index in [1.54, 1.807) is 6.20 Å². The van der Waals surface area contributed by atoms with Crippen molar-refractivity contribution in [3.8, 4) is 0 Å². The molecule has 0 atom stereocenters. The van der Waals surface area contributed by atoms with Crippen LogP contribution in [0, 0.1) is 20.8 Å². The number of rotatable bonds is 5. The maximum absolute atomic E-state index is 12.3. The van der Waals surface area contributed by atoms with Crippen LogP contribution in [0.3, 0.4) is 0 Å². The summed E-state index contributed by atoms with van der Waals surface area (Å²) in [7, 11) is 0. The van der Waals surface area contributed by atoms with Gasteiger partial charge in [0.25, 0.3) is 5.91 Å². The SMILES string of the molecule is Cc1ccc(C)c(Nc2cnc(C(=O)NCc3ccccc3C)cn2)c1. The first-order chi connectivity index (χ1) is 12.5. The molecule has 132 valence electrons. The smallest absolute Gasteiger partial charge is 0.271 e. The number of carbonyl (C=O) groups is 1. The Balaban J connectivity index is 1.64. The van der Waals surface area contributed by atoms with Gasteiger partial charge in [0.15, 0.2) is 0 Å². The van der Waals surface area contributed by atoms with Gasteiger partial charge in [-0.2, -0.15) is 0 Å². The Labute approximate surface area is 153 Å². The summed E-state index contributed by atoms with van der Waals surface area (Å²) in [4.78, 5) is 20.8. The molecule has 1 heterocycles. The van der Waals surface area contributed by atoms with Crippen molar-refractivity contribution >= 4 is 17.4 Å². The third-order valence-electron chi connectivity index (χ3n) is 4.24. The number of hydrogen-bond donors (Lipinski definition) is 2. The van der Waals surface area contributed by atoms with Gasteiger partial charge in [-0.25, -0.2) is 9.97 Å². The Kier molecular flexibility index (Phi) is 5.27. The Morgan fingerprint density at radius 1 is 0.962 bits per heavy atom. The normalized spacial score (nSPS) is 10.4. The second-order valence-electron chi connectivity index (χ2n) is 6.34. The van der Waals surface area contributed by atoms with E-state index in [4.69, 9.17) is 0 Å². The molecule has 0 aliphatic rings. The zero-order valence-electron chi connectivity index (χ0n) is 15.2. The second kappa shape index (κ2) is 7.78. The van der Waals surface area contributed by atoms with Crippen LogP contribution in [0.5, 0.6) is 0 Å². The van der Waals surface area contributed by atoms with Crippen molar-refractivity contribution in [2.75, 3.05) is 5.32 Å². The summed E-state index contributed by atoms with van der Waals surface area (Å²) in [5.41, 5.74) is 5.80. The Bertz CT molecular complexity index is 920. The van der Waals surface area contributed by atoms with Gasteiger partial charge in [0, 0.05) is 12.2 Å². The van der Waals surface area contributed by atoms with Gasteiger partial charge >= 0.3 is 0 Å². The van der Waals surface area contributed by atoms with Crippen LogP contribution in [-0.4, -0.2) is 15.9 Å². The van der Waals surface area contributed by atoms with Gasteiger partial charge in [0.05, 0.1) is 12.4 Å². The molecule has 2 aromatic carbocycles. The van der Waals surface area contributed by atoms with Gasteiger partial charge in [-0.15, -0.1) is 0 Å². The molecule has 0 saturated heterocycles. The molecule has 0 aliphatic heterocycles. The minimum atomic E-state index is -0.237. The number of aryl methyl sites for hydroxylation is 3. The van der Waals surface area contributed by atoms with Crippen LogP contribution in [0.15, 0.2) is 54.9 Å². The average Bonchev–Trinajstić information content (AvgIpc) is 2.64. The van der Waals surface area contributed by atoms with Crippen molar-refractivity contribution in [3.05, 3.63) is 82.8 Å². The first-order valence-electron chi connectivity index (χ1n) is 8.52. The van der Waals surface area contributed by atoms with E-state index in [0.717, 1.165) is 22.4 Å². The van der Waals surface area contributed by atoms with Crippen LogP contribution in [0.4, 0.5) is 11.5 Å². The lowest BCUT2D eigenvalue weighted by Crippen LogP contribution is -2.24. The Morgan fingerprint density at radius 3 is 2.50 bits per heavy atom. The molecule has 0 radical (unpaired) electrons. The van der Waals surface area contributed by atoms with Crippen LogP contribution in [-0.2, 0) is 6.54 Å². The van der Waals surface area contributed by atoms with Crippen LogP contribution in [0.2, 0.25) is 0 Å². The molecular formula is C21H22N4O. The van der Waals surface area contributed by atoms with Gasteiger partial charge < -0.3 is 10.6 Å². The van der Waals surface area contributed by atoms with E-state index in [9.17, 15) is 4.79 Å². The summed E-state index contributed by atoms with van der Waals surface area (Å²) in [6, 6.07) is 14.1. The number of anilines is 2. The minimum Gasteiger partial charge on any atom is -0.347 e. The highest BCUT2D eigenvalue weighted by Gasteiger charge is 2.09. The number of nitrogens with one attached hydrogen (secondary N) is 2. The van der Waals surface area contributed by atoms with Crippen molar-refractivity contribution in [3.63, 3.8) is 0 Å².